The Morgan fingerprint density at radius 2 is 1.10 bits per heavy atom. The molecule has 8 heteroatoms. The Hall–Kier alpha value is -3.10. The van der Waals surface area contributed by atoms with Crippen molar-refractivity contribution < 1.29 is 9.59 Å². The molecule has 0 spiro atoms. The van der Waals surface area contributed by atoms with Gasteiger partial charge in [0.05, 0.1) is 35.6 Å². The van der Waals surface area contributed by atoms with Gasteiger partial charge < -0.3 is 0 Å². The number of halogens is 2. The van der Waals surface area contributed by atoms with Crippen molar-refractivity contribution in [1.29, 1.82) is 0 Å². The Bertz CT molecular complexity index is 1360. The third-order valence-electron chi connectivity index (χ3n) is 7.33. The van der Waals surface area contributed by atoms with Gasteiger partial charge in [0.2, 0.25) is 0 Å². The highest BCUT2D eigenvalue weighted by molar-refractivity contribution is 9.10. The fraction of sp³-hybridized carbons (Fsp3) is 0.312. The zero-order chi connectivity index (χ0) is 27.9. The van der Waals surface area contributed by atoms with Crippen molar-refractivity contribution in [3.63, 3.8) is 0 Å². The van der Waals surface area contributed by atoms with Crippen molar-refractivity contribution in [2.24, 2.45) is 0 Å². The number of hydrogen-bond acceptors (Lipinski definition) is 6. The quantitative estimate of drug-likeness (QED) is 0.183. The summed E-state index contributed by atoms with van der Waals surface area (Å²) in [7, 11) is 0. The predicted molar refractivity (Wildman–Crippen MR) is 161 cm³/mol. The van der Waals surface area contributed by atoms with Gasteiger partial charge in [0.15, 0.2) is 0 Å². The van der Waals surface area contributed by atoms with E-state index in [0.29, 0.717) is 36.1 Å². The van der Waals surface area contributed by atoms with E-state index in [2.05, 4.69) is 52.3 Å². The Labute approximate surface area is 251 Å². The minimum absolute atomic E-state index is 0.120. The third-order valence-corrected chi connectivity index (χ3v) is 8.32. The first kappa shape index (κ1) is 28.4. The van der Waals surface area contributed by atoms with Crippen LogP contribution in [0.4, 0.5) is 0 Å². The maximum Gasteiger partial charge on any atom is 0.143 e. The third kappa shape index (κ3) is 7.98. The fourth-order valence-corrected chi connectivity index (χ4v) is 6.26. The van der Waals surface area contributed by atoms with Crippen molar-refractivity contribution in [3.8, 4) is 0 Å². The summed E-state index contributed by atoms with van der Waals surface area (Å²) in [5.41, 5.74) is 5.31. The van der Waals surface area contributed by atoms with E-state index < -0.39 is 0 Å². The van der Waals surface area contributed by atoms with E-state index in [1.807, 2.05) is 72.8 Å². The molecule has 0 aliphatic heterocycles. The van der Waals surface area contributed by atoms with E-state index in [9.17, 15) is 9.59 Å². The lowest BCUT2D eigenvalue weighted by atomic mass is 9.78. The molecule has 40 heavy (non-hydrogen) atoms. The van der Waals surface area contributed by atoms with E-state index in [-0.39, 0.29) is 24.4 Å². The van der Waals surface area contributed by atoms with Crippen molar-refractivity contribution in [1.82, 2.24) is 20.4 Å². The number of aromatic nitrogens is 4. The van der Waals surface area contributed by atoms with Gasteiger partial charge in [-0.3, -0.25) is 9.59 Å². The SMILES string of the molecule is O=C(Cc1cccc(Br)c1)Cc1ccc([C@H]2CCC[C@H](c3ccc(CC(=O)Cc4cccc(Br)c4)nn3)C2)nn1. The van der Waals surface area contributed by atoms with Crippen LogP contribution in [0.15, 0.2) is 81.7 Å². The highest BCUT2D eigenvalue weighted by atomic mass is 79.9. The molecule has 1 fully saturated rings. The number of benzene rings is 2. The zero-order valence-corrected chi connectivity index (χ0v) is 25.3. The van der Waals surface area contributed by atoms with Crippen LogP contribution in [0.3, 0.4) is 0 Å². The van der Waals surface area contributed by atoms with Crippen LogP contribution in [-0.4, -0.2) is 32.0 Å². The number of carbonyl (C=O) groups excluding carboxylic acids is 2. The Morgan fingerprint density at radius 1 is 0.625 bits per heavy atom. The van der Waals surface area contributed by atoms with Crippen molar-refractivity contribution in [2.45, 2.75) is 63.2 Å². The van der Waals surface area contributed by atoms with Crippen LogP contribution in [0.1, 0.15) is 71.4 Å². The zero-order valence-electron chi connectivity index (χ0n) is 22.1. The fourth-order valence-electron chi connectivity index (χ4n) is 5.37. The summed E-state index contributed by atoms with van der Waals surface area (Å²) in [6, 6.07) is 23.5. The Kier molecular flexibility index (Phi) is 9.60. The molecular weight excluding hydrogens is 632 g/mol. The number of rotatable bonds is 10. The summed E-state index contributed by atoms with van der Waals surface area (Å²) < 4.78 is 1.94. The lowest BCUT2D eigenvalue weighted by molar-refractivity contribution is -0.118. The lowest BCUT2D eigenvalue weighted by Gasteiger charge is -2.28. The summed E-state index contributed by atoms with van der Waals surface area (Å²) in [4.78, 5) is 25.1. The second-order valence-corrected chi connectivity index (χ2v) is 12.3. The van der Waals surface area contributed by atoms with Gasteiger partial charge in [-0.15, -0.1) is 0 Å². The molecule has 1 aliphatic rings. The normalized spacial score (nSPS) is 16.9. The number of carbonyl (C=O) groups is 2. The molecular formula is C32H30Br2N4O2. The van der Waals surface area contributed by atoms with Crippen LogP contribution in [-0.2, 0) is 35.3 Å². The maximum atomic E-state index is 12.5. The molecule has 4 aromatic rings. The maximum absolute atomic E-state index is 12.5. The summed E-state index contributed by atoms with van der Waals surface area (Å²) in [5, 5.41) is 17.8. The molecule has 204 valence electrons. The molecule has 2 heterocycles. The largest absolute Gasteiger partial charge is 0.299 e. The average molecular weight is 662 g/mol. The summed E-state index contributed by atoms with van der Waals surface area (Å²) in [5.74, 6) is 0.835. The molecule has 5 rings (SSSR count). The lowest BCUT2D eigenvalue weighted by Crippen LogP contribution is -2.17. The molecule has 1 aliphatic carbocycles. The van der Waals surface area contributed by atoms with Gasteiger partial charge in [-0.05, 0) is 78.9 Å². The smallest absolute Gasteiger partial charge is 0.143 e. The molecule has 2 atom stereocenters. The number of Topliss-reactive ketones (excluding diaryl/α,β-unsaturated/α-hetero) is 2. The first-order valence-electron chi connectivity index (χ1n) is 13.6. The van der Waals surface area contributed by atoms with Gasteiger partial charge in [-0.2, -0.15) is 20.4 Å². The van der Waals surface area contributed by atoms with Crippen LogP contribution in [0.5, 0.6) is 0 Å². The van der Waals surface area contributed by atoms with Crippen molar-refractivity contribution in [3.05, 3.63) is 116 Å². The van der Waals surface area contributed by atoms with Gasteiger partial charge in [-0.25, -0.2) is 0 Å². The summed E-state index contributed by atoms with van der Waals surface area (Å²) in [6.45, 7) is 0. The monoisotopic (exact) mass is 660 g/mol. The molecule has 0 unspecified atom stereocenters. The summed E-state index contributed by atoms with van der Waals surface area (Å²) in [6.07, 6.45) is 5.45. The van der Waals surface area contributed by atoms with Crippen LogP contribution in [0, 0.1) is 0 Å². The second-order valence-electron chi connectivity index (χ2n) is 10.5. The van der Waals surface area contributed by atoms with Crippen molar-refractivity contribution >= 4 is 43.4 Å². The first-order valence-corrected chi connectivity index (χ1v) is 15.2. The molecule has 2 aromatic carbocycles. The minimum atomic E-state index is 0.120. The molecule has 0 amide bonds. The van der Waals surface area contributed by atoms with Gasteiger partial charge in [0, 0.05) is 33.6 Å². The first-order chi connectivity index (χ1) is 19.4. The Morgan fingerprint density at radius 3 is 1.50 bits per heavy atom. The standard InChI is InChI=1S/C32H30Br2N4O2/c33-25-8-1-4-21(14-25)16-29(39)19-27-10-12-31(37-35-27)23-6-3-7-24(18-23)32-13-11-28(36-38-32)20-30(40)17-22-5-2-9-26(34)15-22/h1-2,4-5,8-15,23-24H,3,6-7,16-20H2/t23-,24-/m0/s1. The Balaban J connectivity index is 1.14. The van der Waals surface area contributed by atoms with Gasteiger partial charge in [0.1, 0.15) is 11.6 Å². The molecule has 0 saturated heterocycles. The van der Waals surface area contributed by atoms with Crippen LogP contribution < -0.4 is 0 Å². The minimum Gasteiger partial charge on any atom is -0.299 e. The molecule has 0 radical (unpaired) electrons. The average Bonchev–Trinajstić information content (AvgIpc) is 2.94. The van der Waals surface area contributed by atoms with Gasteiger partial charge in [0.25, 0.3) is 0 Å². The number of hydrogen-bond donors (Lipinski definition) is 0. The van der Waals surface area contributed by atoms with Gasteiger partial charge in [-0.1, -0.05) is 62.5 Å². The van der Waals surface area contributed by atoms with Crippen LogP contribution in [0.25, 0.3) is 0 Å². The second kappa shape index (κ2) is 13.5. The highest BCUT2D eigenvalue weighted by Crippen LogP contribution is 2.39. The number of ketones is 2. The van der Waals surface area contributed by atoms with E-state index in [1.54, 1.807) is 0 Å². The topological polar surface area (TPSA) is 85.7 Å². The van der Waals surface area contributed by atoms with Crippen molar-refractivity contribution in [2.75, 3.05) is 0 Å². The number of nitrogens with zero attached hydrogens (tertiary/aromatic N) is 4. The van der Waals surface area contributed by atoms with Gasteiger partial charge >= 0.3 is 0 Å². The molecule has 2 aromatic heterocycles. The molecule has 6 nitrogen and oxygen atoms in total. The molecule has 0 N–H and O–H groups in total. The van der Waals surface area contributed by atoms with E-state index in [4.69, 9.17) is 0 Å². The molecule has 0 bridgehead atoms. The van der Waals surface area contributed by atoms with Crippen LogP contribution >= 0.6 is 31.9 Å². The highest BCUT2D eigenvalue weighted by Gasteiger charge is 2.27. The summed E-state index contributed by atoms with van der Waals surface area (Å²) >= 11 is 6.90. The predicted octanol–water partition coefficient (Wildman–Crippen LogP) is 6.94. The molecule has 1 saturated carbocycles. The van der Waals surface area contributed by atoms with E-state index in [1.165, 1.54) is 0 Å². The van der Waals surface area contributed by atoms with E-state index in [0.717, 1.165) is 57.1 Å². The van der Waals surface area contributed by atoms with E-state index >= 15 is 0 Å². The van der Waals surface area contributed by atoms with Crippen LogP contribution in [0.2, 0.25) is 0 Å².